The van der Waals surface area contributed by atoms with Crippen molar-refractivity contribution in [3.05, 3.63) is 72.3 Å². The number of aromatic amines is 1. The Labute approximate surface area is 179 Å². The van der Waals surface area contributed by atoms with E-state index in [1.54, 1.807) is 38.6 Å². The fourth-order valence-corrected chi connectivity index (χ4v) is 3.34. The van der Waals surface area contributed by atoms with Gasteiger partial charge in [-0.05, 0) is 6.07 Å². The lowest BCUT2D eigenvalue weighted by Crippen LogP contribution is -2.22. The van der Waals surface area contributed by atoms with Crippen LogP contribution in [0.15, 0.2) is 61.1 Å². The second kappa shape index (κ2) is 8.74. The molecule has 2 aromatic heterocycles. The first-order chi connectivity index (χ1) is 15.1. The van der Waals surface area contributed by atoms with Crippen LogP contribution in [-0.4, -0.2) is 42.1 Å². The monoisotopic (exact) mass is 418 g/mol. The van der Waals surface area contributed by atoms with Crippen molar-refractivity contribution in [3.8, 4) is 17.4 Å². The lowest BCUT2D eigenvalue weighted by Gasteiger charge is -2.19. The Morgan fingerprint density at radius 2 is 1.71 bits per heavy atom. The van der Waals surface area contributed by atoms with E-state index in [4.69, 9.17) is 14.2 Å². The van der Waals surface area contributed by atoms with E-state index < -0.39 is 6.04 Å². The van der Waals surface area contributed by atoms with E-state index >= 15 is 0 Å². The number of Topliss-reactive ketones (excluding diaryl/α,β-unsaturated/α-hetero) is 1. The highest BCUT2D eigenvalue weighted by atomic mass is 16.5. The van der Waals surface area contributed by atoms with Gasteiger partial charge in [-0.1, -0.05) is 18.2 Å². The normalized spacial score (nSPS) is 11.7. The van der Waals surface area contributed by atoms with Crippen LogP contribution in [0.1, 0.15) is 22.1 Å². The third-order valence-corrected chi connectivity index (χ3v) is 4.93. The van der Waals surface area contributed by atoms with E-state index in [1.165, 1.54) is 19.5 Å². The number of anilines is 1. The molecule has 2 N–H and O–H groups in total. The Balaban J connectivity index is 1.77. The number of fused-ring (bicyclic) bond motifs is 1. The highest BCUT2D eigenvalue weighted by Crippen LogP contribution is 2.31. The number of nitrogens with one attached hydrogen (secondary N) is 2. The molecule has 0 spiro atoms. The Morgan fingerprint density at radius 3 is 2.35 bits per heavy atom. The smallest absolute Gasteiger partial charge is 0.231 e. The molecule has 0 saturated carbocycles. The van der Waals surface area contributed by atoms with Crippen molar-refractivity contribution in [2.45, 2.75) is 6.04 Å². The summed E-state index contributed by atoms with van der Waals surface area (Å²) < 4.78 is 15.8. The number of H-pyrrole nitrogens is 1. The van der Waals surface area contributed by atoms with Crippen molar-refractivity contribution in [2.24, 2.45) is 0 Å². The highest BCUT2D eigenvalue weighted by Gasteiger charge is 2.26. The average molecular weight is 418 g/mol. The summed E-state index contributed by atoms with van der Waals surface area (Å²) in [5, 5.41) is 4.11. The summed E-state index contributed by atoms with van der Waals surface area (Å²) in [4.78, 5) is 25.4. The Bertz CT molecular complexity index is 1180. The fraction of sp³-hybridized carbons (Fsp3) is 0.174. The van der Waals surface area contributed by atoms with Crippen LogP contribution in [0.25, 0.3) is 10.9 Å². The van der Waals surface area contributed by atoms with Crippen LogP contribution >= 0.6 is 0 Å². The van der Waals surface area contributed by atoms with Gasteiger partial charge in [0.05, 0.1) is 39.4 Å². The molecule has 0 fully saturated rings. The Kier molecular flexibility index (Phi) is 5.70. The van der Waals surface area contributed by atoms with Gasteiger partial charge in [0, 0.05) is 46.5 Å². The molecule has 31 heavy (non-hydrogen) atoms. The Morgan fingerprint density at radius 1 is 0.968 bits per heavy atom. The number of rotatable bonds is 8. The molecule has 8 nitrogen and oxygen atoms in total. The van der Waals surface area contributed by atoms with Crippen molar-refractivity contribution in [1.82, 2.24) is 15.0 Å². The highest BCUT2D eigenvalue weighted by molar-refractivity contribution is 6.11. The minimum atomic E-state index is -0.797. The van der Waals surface area contributed by atoms with Crippen molar-refractivity contribution in [1.29, 1.82) is 0 Å². The lowest BCUT2D eigenvalue weighted by atomic mass is 10.0. The number of ketones is 1. The fourth-order valence-electron chi connectivity index (χ4n) is 3.34. The molecule has 0 radical (unpaired) electrons. The molecule has 8 heteroatoms. The Hall–Kier alpha value is -4.07. The molecular formula is C23H22N4O4. The second-order valence-corrected chi connectivity index (χ2v) is 6.77. The molecule has 1 atom stereocenters. The summed E-state index contributed by atoms with van der Waals surface area (Å²) >= 11 is 0. The van der Waals surface area contributed by atoms with Gasteiger partial charge in [0.15, 0.2) is 5.78 Å². The minimum absolute atomic E-state index is 0.154. The van der Waals surface area contributed by atoms with Crippen LogP contribution in [0.5, 0.6) is 17.4 Å². The summed E-state index contributed by atoms with van der Waals surface area (Å²) in [5.41, 5.74) is 2.54. The summed E-state index contributed by atoms with van der Waals surface area (Å²) in [7, 11) is 4.66. The van der Waals surface area contributed by atoms with Crippen molar-refractivity contribution >= 4 is 22.4 Å². The van der Waals surface area contributed by atoms with Gasteiger partial charge in [-0.2, -0.15) is 0 Å². The first-order valence-corrected chi connectivity index (χ1v) is 9.58. The van der Waals surface area contributed by atoms with E-state index in [1.807, 2.05) is 24.3 Å². The SMILES string of the molecule is COc1cc(NC(C(=O)c2c[nH]c3ccccc23)c2cnc(OC)cn2)cc(OC)c1. The van der Waals surface area contributed by atoms with Crippen LogP contribution in [-0.2, 0) is 0 Å². The minimum Gasteiger partial charge on any atom is -0.497 e. The van der Waals surface area contributed by atoms with Crippen LogP contribution in [0.2, 0.25) is 0 Å². The maximum atomic E-state index is 13.6. The molecule has 2 heterocycles. The number of benzene rings is 2. The first kappa shape index (κ1) is 20.2. The maximum absolute atomic E-state index is 13.6. The number of aromatic nitrogens is 3. The van der Waals surface area contributed by atoms with Gasteiger partial charge in [-0.3, -0.25) is 9.78 Å². The van der Waals surface area contributed by atoms with Crippen LogP contribution in [0.4, 0.5) is 5.69 Å². The molecule has 0 bridgehead atoms. The van der Waals surface area contributed by atoms with Crippen molar-refractivity contribution in [3.63, 3.8) is 0 Å². The van der Waals surface area contributed by atoms with Gasteiger partial charge >= 0.3 is 0 Å². The second-order valence-electron chi connectivity index (χ2n) is 6.77. The van der Waals surface area contributed by atoms with E-state index in [2.05, 4.69) is 20.3 Å². The van der Waals surface area contributed by atoms with Crippen LogP contribution in [0, 0.1) is 0 Å². The molecule has 0 saturated heterocycles. The molecular weight excluding hydrogens is 396 g/mol. The molecule has 158 valence electrons. The first-order valence-electron chi connectivity index (χ1n) is 9.58. The van der Waals surface area contributed by atoms with Gasteiger partial charge in [-0.25, -0.2) is 4.98 Å². The largest absolute Gasteiger partial charge is 0.497 e. The molecule has 4 rings (SSSR count). The summed E-state index contributed by atoms with van der Waals surface area (Å²) in [6.07, 6.45) is 4.73. The number of carbonyl (C=O) groups excluding carboxylic acids is 1. The standard InChI is InChI=1S/C23H22N4O4/c1-29-15-8-14(9-16(10-15)30-2)27-22(20-12-26-21(31-3)13-25-20)23(28)18-11-24-19-7-5-4-6-17(18)19/h4-13,22,24,27H,1-3H3. The predicted molar refractivity (Wildman–Crippen MR) is 117 cm³/mol. The average Bonchev–Trinajstić information content (AvgIpc) is 3.26. The molecule has 1 unspecified atom stereocenters. The summed E-state index contributed by atoms with van der Waals surface area (Å²) in [6.45, 7) is 0. The topological polar surface area (TPSA) is 98.4 Å². The van der Waals surface area contributed by atoms with E-state index in [0.29, 0.717) is 34.3 Å². The third-order valence-electron chi connectivity index (χ3n) is 4.93. The van der Waals surface area contributed by atoms with Gasteiger partial charge in [-0.15, -0.1) is 0 Å². The van der Waals surface area contributed by atoms with E-state index in [0.717, 1.165) is 10.9 Å². The zero-order valence-electron chi connectivity index (χ0n) is 17.4. The zero-order valence-corrected chi connectivity index (χ0v) is 17.4. The van der Waals surface area contributed by atoms with Crippen molar-refractivity contribution < 1.29 is 19.0 Å². The number of ether oxygens (including phenoxy) is 3. The molecule has 0 aliphatic carbocycles. The van der Waals surface area contributed by atoms with Gasteiger partial charge in [0.1, 0.15) is 17.5 Å². The zero-order chi connectivity index (χ0) is 21.8. The van der Waals surface area contributed by atoms with Crippen molar-refractivity contribution in [2.75, 3.05) is 26.6 Å². The molecule has 0 amide bonds. The number of nitrogens with zero attached hydrogens (tertiary/aromatic N) is 2. The van der Waals surface area contributed by atoms with E-state index in [9.17, 15) is 4.79 Å². The molecule has 0 aliphatic heterocycles. The number of hydrogen-bond donors (Lipinski definition) is 2. The number of hydrogen-bond acceptors (Lipinski definition) is 7. The van der Waals surface area contributed by atoms with E-state index in [-0.39, 0.29) is 5.78 Å². The molecule has 0 aliphatic rings. The van der Waals surface area contributed by atoms with Gasteiger partial charge in [0.25, 0.3) is 0 Å². The summed E-state index contributed by atoms with van der Waals surface area (Å²) in [6, 6.07) is 12.2. The summed E-state index contributed by atoms with van der Waals surface area (Å²) in [5.74, 6) is 1.41. The number of methoxy groups -OCH3 is 3. The van der Waals surface area contributed by atoms with Gasteiger partial charge < -0.3 is 24.5 Å². The third kappa shape index (κ3) is 4.13. The maximum Gasteiger partial charge on any atom is 0.231 e. The quantitative estimate of drug-likeness (QED) is 0.417. The molecule has 2 aromatic carbocycles. The predicted octanol–water partition coefficient (Wildman–Crippen LogP) is 4.02. The number of para-hydroxylation sites is 1. The molecule has 4 aromatic rings. The van der Waals surface area contributed by atoms with Crippen LogP contribution in [0.3, 0.4) is 0 Å². The van der Waals surface area contributed by atoms with Crippen LogP contribution < -0.4 is 19.5 Å². The van der Waals surface area contributed by atoms with Gasteiger partial charge in [0.2, 0.25) is 5.88 Å². The number of carbonyl (C=O) groups is 1. The lowest BCUT2D eigenvalue weighted by molar-refractivity contribution is 0.0969.